The van der Waals surface area contributed by atoms with Crippen LogP contribution in [-0.2, 0) is 12.8 Å². The molecule has 1 aliphatic carbocycles. The van der Waals surface area contributed by atoms with Crippen LogP contribution in [0.1, 0.15) is 44.7 Å². The zero-order valence-electron chi connectivity index (χ0n) is 18.2. The summed E-state index contributed by atoms with van der Waals surface area (Å²) < 4.78 is 5.35. The molecule has 3 aromatic carbocycles. The molecular formula is C28H23NO4. The summed E-state index contributed by atoms with van der Waals surface area (Å²) in [7, 11) is 0. The number of rotatable bonds is 3. The molecule has 0 radical (unpaired) electrons. The first kappa shape index (κ1) is 19.9. The van der Waals surface area contributed by atoms with Crippen LogP contribution in [0.2, 0.25) is 0 Å². The number of para-hydroxylation sites is 1. The van der Waals surface area contributed by atoms with Crippen molar-refractivity contribution < 1.29 is 14.0 Å². The van der Waals surface area contributed by atoms with E-state index in [0.717, 1.165) is 36.6 Å². The van der Waals surface area contributed by atoms with Gasteiger partial charge in [-0.3, -0.25) is 9.59 Å². The molecule has 1 aromatic heterocycles. The third-order valence-corrected chi connectivity index (χ3v) is 7.09. The minimum Gasteiger partial charge on any atom is -0.422 e. The number of piperidine rings is 1. The van der Waals surface area contributed by atoms with E-state index in [4.69, 9.17) is 4.42 Å². The zero-order chi connectivity index (χ0) is 22.5. The van der Waals surface area contributed by atoms with E-state index < -0.39 is 5.63 Å². The SMILES string of the molecule is O=C(c1ccc2c3c(cccc13)CC2)C1CCCN(C(=O)c2cc3ccccc3oc2=O)C1. The Balaban J connectivity index is 1.30. The standard InChI is InChI=1S/C28H23NO4/c30-26(22-13-12-18-11-10-17-6-3-8-21(22)25(17)18)20-7-4-14-29(16-20)27(31)23-15-19-5-1-2-9-24(19)33-28(23)32/h1-3,5-6,8-9,12-13,15,20H,4,7,10-11,14,16H2. The van der Waals surface area contributed by atoms with Gasteiger partial charge in [-0.25, -0.2) is 4.79 Å². The molecule has 0 spiro atoms. The lowest BCUT2D eigenvalue weighted by Gasteiger charge is -2.32. The van der Waals surface area contributed by atoms with Crippen molar-refractivity contribution in [2.75, 3.05) is 13.1 Å². The monoisotopic (exact) mass is 437 g/mol. The van der Waals surface area contributed by atoms with Crippen molar-refractivity contribution >= 4 is 33.4 Å². The van der Waals surface area contributed by atoms with Gasteiger partial charge >= 0.3 is 5.63 Å². The largest absolute Gasteiger partial charge is 0.422 e. The smallest absolute Gasteiger partial charge is 0.349 e. The Kier molecular flexibility index (Phi) is 4.64. The second kappa shape index (κ2) is 7.69. The third-order valence-electron chi connectivity index (χ3n) is 7.09. The van der Waals surface area contributed by atoms with E-state index in [1.165, 1.54) is 16.5 Å². The van der Waals surface area contributed by atoms with Gasteiger partial charge in [0.15, 0.2) is 5.78 Å². The number of hydrogen-bond acceptors (Lipinski definition) is 4. The van der Waals surface area contributed by atoms with Crippen LogP contribution in [0.5, 0.6) is 0 Å². The summed E-state index contributed by atoms with van der Waals surface area (Å²) in [6.07, 6.45) is 3.49. The minimum atomic E-state index is -0.639. The Morgan fingerprint density at radius 1 is 0.909 bits per heavy atom. The van der Waals surface area contributed by atoms with Gasteiger partial charge in [0.1, 0.15) is 11.1 Å². The second-order valence-corrected chi connectivity index (χ2v) is 9.05. The lowest BCUT2D eigenvalue weighted by molar-refractivity contribution is 0.0634. The molecule has 4 aromatic rings. The number of nitrogens with zero attached hydrogens (tertiary/aromatic N) is 1. The number of likely N-dealkylation sites (tertiary alicyclic amines) is 1. The summed E-state index contributed by atoms with van der Waals surface area (Å²) in [6, 6.07) is 19.0. The molecule has 33 heavy (non-hydrogen) atoms. The highest BCUT2D eigenvalue weighted by atomic mass is 16.4. The molecule has 1 unspecified atom stereocenters. The summed E-state index contributed by atoms with van der Waals surface area (Å²) >= 11 is 0. The molecule has 5 nitrogen and oxygen atoms in total. The van der Waals surface area contributed by atoms with Crippen LogP contribution in [0.4, 0.5) is 0 Å². The van der Waals surface area contributed by atoms with Gasteiger partial charge in [0.2, 0.25) is 0 Å². The number of benzene rings is 3. The highest BCUT2D eigenvalue weighted by molar-refractivity contribution is 6.11. The van der Waals surface area contributed by atoms with Crippen LogP contribution in [0, 0.1) is 5.92 Å². The van der Waals surface area contributed by atoms with E-state index >= 15 is 0 Å². The van der Waals surface area contributed by atoms with E-state index in [-0.39, 0.29) is 23.2 Å². The third kappa shape index (κ3) is 3.27. The molecule has 0 bridgehead atoms. The van der Waals surface area contributed by atoms with Crippen LogP contribution < -0.4 is 5.63 Å². The maximum atomic E-state index is 13.6. The number of fused-ring (bicyclic) bond motifs is 1. The maximum Gasteiger partial charge on any atom is 0.349 e. The van der Waals surface area contributed by atoms with Crippen molar-refractivity contribution in [1.29, 1.82) is 0 Å². The van der Waals surface area contributed by atoms with E-state index in [1.54, 1.807) is 23.1 Å². The fourth-order valence-corrected chi connectivity index (χ4v) is 5.44. The molecule has 5 heteroatoms. The fourth-order valence-electron chi connectivity index (χ4n) is 5.44. The highest BCUT2D eigenvalue weighted by Gasteiger charge is 2.32. The summed E-state index contributed by atoms with van der Waals surface area (Å²) in [5, 5.41) is 2.95. The van der Waals surface area contributed by atoms with Gasteiger partial charge in [0.05, 0.1) is 0 Å². The Morgan fingerprint density at radius 2 is 1.73 bits per heavy atom. The predicted octanol–water partition coefficient (Wildman–Crippen LogP) is 4.78. The maximum absolute atomic E-state index is 13.6. The molecule has 1 aliphatic heterocycles. The van der Waals surface area contributed by atoms with Crippen LogP contribution >= 0.6 is 0 Å². The molecule has 1 amide bonds. The quantitative estimate of drug-likeness (QED) is 0.342. The Morgan fingerprint density at radius 3 is 2.61 bits per heavy atom. The molecule has 1 saturated heterocycles. The summed E-state index contributed by atoms with van der Waals surface area (Å²) in [5.41, 5.74) is 3.19. The first-order chi connectivity index (χ1) is 16.1. The molecule has 0 N–H and O–H groups in total. The first-order valence-electron chi connectivity index (χ1n) is 11.5. The van der Waals surface area contributed by atoms with Gasteiger partial charge in [0, 0.05) is 30.0 Å². The fraction of sp³-hybridized carbons (Fsp3) is 0.250. The molecule has 0 saturated carbocycles. The van der Waals surface area contributed by atoms with Crippen molar-refractivity contribution in [1.82, 2.24) is 4.90 Å². The van der Waals surface area contributed by atoms with Crippen molar-refractivity contribution in [3.8, 4) is 0 Å². The van der Waals surface area contributed by atoms with E-state index in [2.05, 4.69) is 12.1 Å². The molecule has 2 heterocycles. The first-order valence-corrected chi connectivity index (χ1v) is 11.5. The molecular weight excluding hydrogens is 414 g/mol. The number of carbonyl (C=O) groups excluding carboxylic acids is 2. The summed E-state index contributed by atoms with van der Waals surface area (Å²) in [5.74, 6) is -0.574. The zero-order valence-corrected chi connectivity index (χ0v) is 18.2. The average molecular weight is 437 g/mol. The normalized spacial score (nSPS) is 17.6. The summed E-state index contributed by atoms with van der Waals surface area (Å²) in [4.78, 5) is 40.9. The minimum absolute atomic E-state index is 0.0205. The van der Waals surface area contributed by atoms with E-state index in [0.29, 0.717) is 24.1 Å². The Bertz CT molecular complexity index is 1490. The van der Waals surface area contributed by atoms with E-state index in [9.17, 15) is 14.4 Å². The van der Waals surface area contributed by atoms with Crippen molar-refractivity contribution in [3.63, 3.8) is 0 Å². The van der Waals surface area contributed by atoms with Crippen molar-refractivity contribution in [3.05, 3.63) is 93.3 Å². The van der Waals surface area contributed by atoms with Crippen LogP contribution in [0.15, 0.2) is 69.9 Å². The average Bonchev–Trinajstić information content (AvgIpc) is 3.28. The summed E-state index contributed by atoms with van der Waals surface area (Å²) in [6.45, 7) is 0.839. The van der Waals surface area contributed by atoms with Crippen LogP contribution in [0.25, 0.3) is 21.7 Å². The van der Waals surface area contributed by atoms with E-state index in [1.807, 2.05) is 30.3 Å². The molecule has 6 rings (SSSR count). The molecule has 164 valence electrons. The topological polar surface area (TPSA) is 67.6 Å². The molecule has 1 atom stereocenters. The number of Topliss-reactive ketones (excluding diaryl/α,β-unsaturated/α-hetero) is 1. The molecule has 2 aliphatic rings. The van der Waals surface area contributed by atoms with Gasteiger partial charge < -0.3 is 9.32 Å². The molecule has 1 fully saturated rings. The Hall–Kier alpha value is -3.73. The second-order valence-electron chi connectivity index (χ2n) is 9.05. The van der Waals surface area contributed by atoms with Crippen molar-refractivity contribution in [2.24, 2.45) is 5.92 Å². The number of aryl methyl sites for hydroxylation is 2. The Labute approximate surface area is 190 Å². The van der Waals surface area contributed by atoms with Crippen molar-refractivity contribution in [2.45, 2.75) is 25.7 Å². The predicted molar refractivity (Wildman–Crippen MR) is 127 cm³/mol. The van der Waals surface area contributed by atoms with Gasteiger partial charge in [-0.15, -0.1) is 0 Å². The lowest BCUT2D eigenvalue weighted by Crippen LogP contribution is -2.43. The number of hydrogen-bond donors (Lipinski definition) is 0. The number of amides is 1. The van der Waals surface area contributed by atoms with Crippen LogP contribution in [0.3, 0.4) is 0 Å². The number of carbonyl (C=O) groups is 2. The van der Waals surface area contributed by atoms with Gasteiger partial charge in [-0.05, 0) is 59.7 Å². The van der Waals surface area contributed by atoms with Gasteiger partial charge in [-0.2, -0.15) is 0 Å². The van der Waals surface area contributed by atoms with Crippen LogP contribution in [-0.4, -0.2) is 29.7 Å². The van der Waals surface area contributed by atoms with Gasteiger partial charge in [0.25, 0.3) is 5.91 Å². The highest BCUT2D eigenvalue weighted by Crippen LogP contribution is 2.34. The number of ketones is 1. The van der Waals surface area contributed by atoms with Gasteiger partial charge in [-0.1, -0.05) is 48.5 Å². The lowest BCUT2D eigenvalue weighted by atomic mass is 9.87.